The van der Waals surface area contributed by atoms with Crippen LogP contribution in [0.1, 0.15) is 49.7 Å². The van der Waals surface area contributed by atoms with Crippen LogP contribution in [0, 0.1) is 20.4 Å². The molecule has 0 N–H and O–H groups in total. The Bertz CT molecular complexity index is 1420. The minimum absolute atomic E-state index is 0. The third kappa shape index (κ3) is 7.84. The van der Waals surface area contributed by atoms with E-state index in [2.05, 4.69) is 96.4 Å². The van der Waals surface area contributed by atoms with Gasteiger partial charge in [0.15, 0.2) is 0 Å². The Hall–Kier alpha value is -2.34. The molecule has 5 aromatic rings. The maximum Gasteiger partial charge on any atom is 1.00 e. The third-order valence-electron chi connectivity index (χ3n) is 6.00. The molecule has 0 fully saturated rings. The smallest absolute Gasteiger partial charge is 0.378 e. The molecule has 4 heteroatoms. The van der Waals surface area contributed by atoms with Gasteiger partial charge in [0.25, 0.3) is 0 Å². The molecule has 0 aliphatic carbocycles. The number of hydrogen-bond acceptors (Lipinski definition) is 2. The molecule has 3 nitrogen and oxygen atoms in total. The van der Waals surface area contributed by atoms with Crippen LogP contribution in [0.5, 0.6) is 0 Å². The van der Waals surface area contributed by atoms with Gasteiger partial charge in [-0.3, -0.25) is 0 Å². The van der Waals surface area contributed by atoms with E-state index in [1.54, 1.807) is 0 Å². The summed E-state index contributed by atoms with van der Waals surface area (Å²) >= 11 is 0. The van der Waals surface area contributed by atoms with Crippen molar-refractivity contribution in [1.29, 1.82) is 0 Å². The van der Waals surface area contributed by atoms with Gasteiger partial charge in [0.1, 0.15) is 5.82 Å². The first kappa shape index (κ1) is 31.9. The summed E-state index contributed by atoms with van der Waals surface area (Å²) in [5.74, 6) is 1.12. The van der Waals surface area contributed by atoms with Gasteiger partial charge in [0, 0.05) is 18.5 Å². The van der Waals surface area contributed by atoms with Crippen LogP contribution in [-0.2, 0) is 13.0 Å². The summed E-state index contributed by atoms with van der Waals surface area (Å²) in [4.78, 5) is 9.51. The van der Waals surface area contributed by atoms with Crippen molar-refractivity contribution < 1.29 is 51.4 Å². The van der Waals surface area contributed by atoms with E-state index in [0.717, 1.165) is 53.1 Å². The van der Waals surface area contributed by atoms with Crippen molar-refractivity contribution >= 4 is 22.9 Å². The molecule has 0 radical (unpaired) electrons. The van der Waals surface area contributed by atoms with Gasteiger partial charge in [-0.25, -0.2) is 11.1 Å². The van der Waals surface area contributed by atoms with Gasteiger partial charge in [-0.15, -0.1) is 23.4 Å². The second-order valence-electron chi connectivity index (χ2n) is 8.56. The molecule has 0 saturated heterocycles. The first-order valence-electron chi connectivity index (χ1n) is 12.8. The molecule has 0 aliphatic rings. The van der Waals surface area contributed by atoms with Crippen LogP contribution in [0.15, 0.2) is 96.0 Å². The van der Waals surface area contributed by atoms with Crippen LogP contribution in [0.2, 0.25) is 0 Å². The molecule has 0 unspecified atom stereocenters. The zero-order valence-corrected chi connectivity index (χ0v) is 26.7. The number of aromatic nitrogens is 2. The van der Waals surface area contributed by atoms with Crippen molar-refractivity contribution in [3.63, 3.8) is 0 Å². The maximum absolute atomic E-state index is 5.02. The van der Waals surface area contributed by atoms with Crippen LogP contribution in [0.25, 0.3) is 22.2 Å². The van der Waals surface area contributed by atoms with Gasteiger partial charge in [-0.2, -0.15) is 24.3 Å². The molecule has 0 saturated carbocycles. The average molecular weight is 526 g/mol. The van der Waals surface area contributed by atoms with Crippen molar-refractivity contribution in [2.24, 2.45) is 4.99 Å². The van der Waals surface area contributed by atoms with Crippen LogP contribution in [-0.4, -0.2) is 15.8 Å². The van der Waals surface area contributed by atoms with Crippen LogP contribution in [0.3, 0.4) is 0 Å². The standard InChI is InChI=1S/C31H27N3.C2H6.CH3.K/c1-3-10-30-33-31-23(2)19-25(21-32-28-13-8-5-9-14-28)20-29(31)34(30)22-24-15-17-27(18-16-24)26-11-6-4-7-12-26;1-2;;/h4-9,11-13,15-20H,3,10,22H2,1-2H3;1-2H3;1H3;/q-2;;-1;+1. The molecule has 0 spiro atoms. The maximum atomic E-state index is 5.02. The number of aliphatic imine (C=N–C) groups is 1. The molecule has 1 aromatic heterocycles. The van der Waals surface area contributed by atoms with E-state index in [4.69, 9.17) is 4.98 Å². The topological polar surface area (TPSA) is 30.2 Å². The van der Waals surface area contributed by atoms with E-state index in [1.165, 1.54) is 16.7 Å². The number of rotatable bonds is 7. The number of hydrogen-bond donors (Lipinski definition) is 0. The van der Waals surface area contributed by atoms with E-state index in [9.17, 15) is 0 Å². The van der Waals surface area contributed by atoms with Crippen molar-refractivity contribution in [3.05, 3.63) is 127 Å². The number of nitrogens with zero attached hydrogens (tertiary/aromatic N) is 3. The summed E-state index contributed by atoms with van der Waals surface area (Å²) in [5.41, 5.74) is 8.78. The van der Waals surface area contributed by atoms with Crippen LogP contribution < -0.4 is 51.4 Å². The molecular weight excluding hydrogens is 489 g/mol. The van der Waals surface area contributed by atoms with Gasteiger partial charge in [-0.05, 0) is 36.2 Å². The minimum atomic E-state index is 0. The monoisotopic (exact) mass is 525 g/mol. The summed E-state index contributed by atoms with van der Waals surface area (Å²) in [5, 5.41) is 0. The van der Waals surface area contributed by atoms with Crippen molar-refractivity contribution in [3.8, 4) is 11.1 Å². The van der Waals surface area contributed by atoms with Gasteiger partial charge in [0.05, 0.1) is 5.52 Å². The fourth-order valence-corrected chi connectivity index (χ4v) is 4.29. The molecule has 4 aromatic carbocycles. The number of imidazole rings is 1. The van der Waals surface area contributed by atoms with E-state index in [1.807, 2.05) is 44.2 Å². The molecule has 190 valence electrons. The van der Waals surface area contributed by atoms with Crippen molar-refractivity contribution in [1.82, 2.24) is 9.55 Å². The molecule has 1 heterocycles. The number of fused-ring (bicyclic) bond motifs is 1. The zero-order chi connectivity index (χ0) is 25.3. The normalized spacial score (nSPS) is 10.4. The Morgan fingerprint density at radius 3 is 2.24 bits per heavy atom. The Morgan fingerprint density at radius 1 is 0.895 bits per heavy atom. The fourth-order valence-electron chi connectivity index (χ4n) is 4.29. The Kier molecular flexibility index (Phi) is 13.4. The summed E-state index contributed by atoms with van der Waals surface area (Å²) in [6.45, 7) is 9.10. The first-order chi connectivity index (χ1) is 17.7. The second kappa shape index (κ2) is 15.9. The summed E-state index contributed by atoms with van der Waals surface area (Å²) in [6, 6.07) is 34.4. The van der Waals surface area contributed by atoms with Gasteiger partial charge in [0.2, 0.25) is 0 Å². The predicted octanol–water partition coefficient (Wildman–Crippen LogP) is 5.92. The van der Waals surface area contributed by atoms with Crippen LogP contribution >= 0.6 is 0 Å². The first-order valence-corrected chi connectivity index (χ1v) is 12.8. The van der Waals surface area contributed by atoms with Gasteiger partial charge >= 0.3 is 51.4 Å². The van der Waals surface area contributed by atoms with Gasteiger partial charge < -0.3 is 17.0 Å². The molecule has 0 bridgehead atoms. The Balaban J connectivity index is 0.00000124. The van der Waals surface area contributed by atoms with E-state index < -0.39 is 0 Å². The number of benzene rings is 4. The van der Waals surface area contributed by atoms with Crippen molar-refractivity contribution in [2.75, 3.05) is 0 Å². The number of para-hydroxylation sites is 1. The van der Waals surface area contributed by atoms with Gasteiger partial charge in [-0.1, -0.05) is 80.9 Å². The molecule has 0 atom stereocenters. The fraction of sp³-hybridized carbons (Fsp3) is 0.206. The Labute approximate surface area is 271 Å². The second-order valence-corrected chi connectivity index (χ2v) is 8.56. The van der Waals surface area contributed by atoms with E-state index in [-0.39, 0.29) is 58.8 Å². The molecule has 38 heavy (non-hydrogen) atoms. The number of aryl methyl sites for hydroxylation is 2. The SMILES string of the molecule is CC.CCCc1nc2c(C)cc([C-]=Nc3[c-]cccc3)cc2n1Cc1ccc(-c2ccccc2)cc1.[CH3-].[K+]. The summed E-state index contributed by atoms with van der Waals surface area (Å²) in [7, 11) is 0. The van der Waals surface area contributed by atoms with Crippen molar-refractivity contribution in [2.45, 2.75) is 47.1 Å². The Morgan fingerprint density at radius 2 is 1.58 bits per heavy atom. The zero-order valence-electron chi connectivity index (χ0n) is 23.6. The molecule has 0 aliphatic heterocycles. The molecule has 5 rings (SSSR count). The quantitative estimate of drug-likeness (QED) is 0.147. The minimum Gasteiger partial charge on any atom is -0.378 e. The largest absolute Gasteiger partial charge is 1.00 e. The van der Waals surface area contributed by atoms with E-state index >= 15 is 0 Å². The summed E-state index contributed by atoms with van der Waals surface area (Å²) in [6.07, 6.45) is 5.21. The third-order valence-corrected chi connectivity index (χ3v) is 6.00. The molecule has 0 amide bonds. The average Bonchev–Trinajstić information content (AvgIpc) is 3.28. The predicted molar refractivity (Wildman–Crippen MR) is 159 cm³/mol. The summed E-state index contributed by atoms with van der Waals surface area (Å²) < 4.78 is 2.35. The molecular formula is C34H36KN3-2. The van der Waals surface area contributed by atoms with Crippen LogP contribution in [0.4, 0.5) is 5.69 Å². The van der Waals surface area contributed by atoms with E-state index in [0.29, 0.717) is 0 Å².